The van der Waals surface area contributed by atoms with E-state index < -0.39 is 11.7 Å². The highest BCUT2D eigenvalue weighted by molar-refractivity contribution is 6.19. The van der Waals surface area contributed by atoms with Crippen molar-refractivity contribution in [1.29, 1.82) is 10.5 Å². The topological polar surface area (TPSA) is 57.4 Å². The molecule has 0 aliphatic rings. The van der Waals surface area contributed by atoms with E-state index in [-0.39, 0.29) is 16.8 Å². The van der Waals surface area contributed by atoms with Gasteiger partial charge in [0.2, 0.25) is 0 Å². The van der Waals surface area contributed by atoms with Crippen molar-refractivity contribution in [1.82, 2.24) is 9.13 Å². The van der Waals surface area contributed by atoms with Gasteiger partial charge >= 0.3 is 6.18 Å². The summed E-state index contributed by atoms with van der Waals surface area (Å²) < 4.78 is 45.6. The lowest BCUT2D eigenvalue weighted by molar-refractivity contribution is -0.137. The first-order valence-corrected chi connectivity index (χ1v) is 16.6. The number of nitrogens with zero attached hydrogens (tertiary/aromatic N) is 4. The van der Waals surface area contributed by atoms with Gasteiger partial charge in [0.15, 0.2) is 0 Å². The fourth-order valence-corrected chi connectivity index (χ4v) is 7.47. The number of halogens is 3. The molecule has 0 N–H and O–H groups in total. The van der Waals surface area contributed by atoms with E-state index in [0.29, 0.717) is 11.0 Å². The second kappa shape index (κ2) is 11.8. The van der Waals surface area contributed by atoms with Crippen molar-refractivity contribution in [2.75, 3.05) is 0 Å². The van der Waals surface area contributed by atoms with Gasteiger partial charge in [0.05, 0.1) is 44.4 Å². The molecule has 0 bridgehead atoms. The molecule has 0 aliphatic heterocycles. The Bertz CT molecular complexity index is 2920. The number of nitriles is 2. The van der Waals surface area contributed by atoms with Crippen LogP contribution in [0.3, 0.4) is 0 Å². The number of fused-ring (bicyclic) bond motifs is 6. The molecule has 4 nitrogen and oxygen atoms in total. The highest BCUT2D eigenvalue weighted by atomic mass is 19.4. The molecule has 52 heavy (non-hydrogen) atoms. The maximum absolute atomic E-state index is 13.9. The summed E-state index contributed by atoms with van der Waals surface area (Å²) >= 11 is 0. The highest BCUT2D eigenvalue weighted by Crippen LogP contribution is 2.42. The molecule has 0 unspecified atom stereocenters. The van der Waals surface area contributed by atoms with Gasteiger partial charge in [-0.25, -0.2) is 0 Å². The van der Waals surface area contributed by atoms with Crippen molar-refractivity contribution >= 4 is 43.6 Å². The third-order valence-corrected chi connectivity index (χ3v) is 9.80. The monoisotopic (exact) mass is 678 g/mol. The fraction of sp³-hybridized carbons (Fsp3) is 0.0222. The Balaban J connectivity index is 1.30. The minimum Gasteiger partial charge on any atom is -0.309 e. The molecular weight excluding hydrogens is 654 g/mol. The van der Waals surface area contributed by atoms with Gasteiger partial charge in [0.1, 0.15) is 12.1 Å². The summed E-state index contributed by atoms with van der Waals surface area (Å²) in [7, 11) is 0. The Labute approximate surface area is 296 Å². The predicted molar refractivity (Wildman–Crippen MR) is 200 cm³/mol. The molecule has 2 heterocycles. The van der Waals surface area contributed by atoms with Crippen molar-refractivity contribution in [3.05, 3.63) is 168 Å². The lowest BCUT2D eigenvalue weighted by Gasteiger charge is -2.15. The summed E-state index contributed by atoms with van der Waals surface area (Å²) in [6.07, 6.45) is -4.72. The van der Waals surface area contributed by atoms with E-state index in [0.717, 1.165) is 72.7 Å². The Hall–Kier alpha value is -7.09. The van der Waals surface area contributed by atoms with E-state index in [1.165, 1.54) is 0 Å². The second-order valence-corrected chi connectivity index (χ2v) is 12.7. The number of hydrogen-bond donors (Lipinski definition) is 0. The average molecular weight is 679 g/mol. The number of para-hydroxylation sites is 2. The molecular formula is C45H25F3N4. The van der Waals surface area contributed by atoms with Crippen molar-refractivity contribution in [3.8, 4) is 45.8 Å². The Morgan fingerprint density at radius 3 is 1.52 bits per heavy atom. The molecule has 2 aromatic heterocycles. The summed E-state index contributed by atoms with van der Waals surface area (Å²) in [4.78, 5) is 0. The normalized spacial score (nSPS) is 11.7. The van der Waals surface area contributed by atoms with Crippen LogP contribution >= 0.6 is 0 Å². The molecule has 0 saturated carbocycles. The summed E-state index contributed by atoms with van der Waals surface area (Å²) in [6.45, 7) is 0. The van der Waals surface area contributed by atoms with Gasteiger partial charge in [-0.15, -0.1) is 0 Å². The molecule has 0 radical (unpaired) electrons. The van der Waals surface area contributed by atoms with Crippen molar-refractivity contribution in [2.45, 2.75) is 6.18 Å². The summed E-state index contributed by atoms with van der Waals surface area (Å²) in [5.41, 5.74) is 7.14. The predicted octanol–water partition coefficient (Wildman–Crippen LogP) is 12.0. The lowest BCUT2D eigenvalue weighted by atomic mass is 10.00. The quantitative estimate of drug-likeness (QED) is 0.186. The number of alkyl halides is 3. The standard InChI is InChI=1S/C45H25F3N4/c46-45(47,48)34-21-32(26-49)44(33(22-34)27-50)52-41-16-7-5-14-37(41)39-24-38-36-13-4-6-15-40(36)51(42(38)25-43(39)52)35-12-8-11-31(23-35)30-19-17-29(18-20-30)28-9-2-1-3-10-28/h1-25H. The lowest BCUT2D eigenvalue weighted by Crippen LogP contribution is -2.09. The summed E-state index contributed by atoms with van der Waals surface area (Å²) in [5, 5.41) is 24.1. The van der Waals surface area contributed by atoms with Gasteiger partial charge in [0, 0.05) is 27.2 Å². The van der Waals surface area contributed by atoms with Gasteiger partial charge in [0.25, 0.3) is 0 Å². The third kappa shape index (κ3) is 4.83. The van der Waals surface area contributed by atoms with E-state index in [9.17, 15) is 23.7 Å². The van der Waals surface area contributed by atoms with Crippen LogP contribution in [-0.4, -0.2) is 9.13 Å². The molecule has 246 valence electrons. The summed E-state index contributed by atoms with van der Waals surface area (Å²) in [5.74, 6) is 0. The van der Waals surface area contributed by atoms with Crippen molar-refractivity contribution < 1.29 is 13.2 Å². The van der Waals surface area contributed by atoms with Crippen LogP contribution in [-0.2, 0) is 6.18 Å². The Kier molecular flexibility index (Phi) is 7.00. The second-order valence-electron chi connectivity index (χ2n) is 12.7. The molecule has 9 rings (SSSR count). The van der Waals surface area contributed by atoms with Crippen LogP contribution in [0.15, 0.2) is 152 Å². The maximum atomic E-state index is 13.9. The van der Waals surface area contributed by atoms with E-state index in [4.69, 9.17) is 0 Å². The first-order chi connectivity index (χ1) is 25.3. The van der Waals surface area contributed by atoms with Gasteiger partial charge in [-0.1, -0.05) is 103 Å². The van der Waals surface area contributed by atoms with E-state index in [1.54, 1.807) is 4.57 Å². The average Bonchev–Trinajstić information content (AvgIpc) is 3.68. The number of aromatic nitrogens is 2. The van der Waals surface area contributed by atoms with Crippen LogP contribution in [0, 0.1) is 22.7 Å². The first kappa shape index (κ1) is 30.9. The minimum absolute atomic E-state index is 0.118. The van der Waals surface area contributed by atoms with Crippen LogP contribution in [0.1, 0.15) is 16.7 Å². The van der Waals surface area contributed by atoms with Crippen molar-refractivity contribution in [2.24, 2.45) is 0 Å². The molecule has 0 atom stereocenters. The van der Waals surface area contributed by atoms with Crippen LogP contribution < -0.4 is 0 Å². The molecule has 0 aliphatic carbocycles. The summed E-state index contributed by atoms with van der Waals surface area (Å²) in [6, 6.07) is 52.5. The molecule has 7 heteroatoms. The SMILES string of the molecule is N#Cc1cc(C(F)(F)F)cc(C#N)c1-n1c2ccccc2c2cc3c4ccccc4n(-c4cccc(-c5ccc(-c6ccccc6)cc5)c4)c3cc21. The zero-order chi connectivity index (χ0) is 35.6. The molecule has 0 spiro atoms. The van der Waals surface area contributed by atoms with Crippen LogP contribution in [0.4, 0.5) is 13.2 Å². The van der Waals surface area contributed by atoms with E-state index in [2.05, 4.69) is 77.4 Å². The van der Waals surface area contributed by atoms with E-state index in [1.807, 2.05) is 78.9 Å². The molecule has 0 fully saturated rings. The van der Waals surface area contributed by atoms with Crippen molar-refractivity contribution in [3.63, 3.8) is 0 Å². The Morgan fingerprint density at radius 2 is 0.923 bits per heavy atom. The number of rotatable bonds is 4. The van der Waals surface area contributed by atoms with Gasteiger partial charge in [-0.2, -0.15) is 23.7 Å². The largest absolute Gasteiger partial charge is 0.416 e. The maximum Gasteiger partial charge on any atom is 0.416 e. The number of benzene rings is 7. The third-order valence-electron chi connectivity index (χ3n) is 9.80. The first-order valence-electron chi connectivity index (χ1n) is 16.6. The van der Waals surface area contributed by atoms with Crippen LogP contribution in [0.2, 0.25) is 0 Å². The molecule has 0 saturated heterocycles. The highest BCUT2D eigenvalue weighted by Gasteiger charge is 2.33. The number of hydrogen-bond acceptors (Lipinski definition) is 2. The van der Waals surface area contributed by atoms with Gasteiger partial charge in [-0.3, -0.25) is 0 Å². The molecule has 7 aromatic carbocycles. The zero-order valence-corrected chi connectivity index (χ0v) is 27.4. The van der Waals surface area contributed by atoms with Gasteiger partial charge in [-0.05, 0) is 70.8 Å². The molecule has 0 amide bonds. The smallest absolute Gasteiger partial charge is 0.309 e. The minimum atomic E-state index is -4.72. The van der Waals surface area contributed by atoms with Crippen LogP contribution in [0.5, 0.6) is 0 Å². The van der Waals surface area contributed by atoms with Crippen LogP contribution in [0.25, 0.3) is 77.2 Å². The van der Waals surface area contributed by atoms with E-state index >= 15 is 0 Å². The zero-order valence-electron chi connectivity index (χ0n) is 27.4. The fourth-order valence-electron chi connectivity index (χ4n) is 7.47. The Morgan fingerprint density at radius 1 is 0.423 bits per heavy atom. The van der Waals surface area contributed by atoms with Gasteiger partial charge < -0.3 is 9.13 Å². The molecule has 9 aromatic rings.